The third kappa shape index (κ3) is 3.73. The monoisotopic (exact) mass is 274 g/mol. The molecule has 0 aliphatic rings. The summed E-state index contributed by atoms with van der Waals surface area (Å²) in [5.74, 6) is -1.23. The number of aromatic nitrogens is 3. The van der Waals surface area contributed by atoms with Gasteiger partial charge >= 0.3 is 5.97 Å². The molecule has 0 aliphatic heterocycles. The highest BCUT2D eigenvalue weighted by atomic mass is 16.5. The summed E-state index contributed by atoms with van der Waals surface area (Å²) in [5, 5.41) is 11.2. The molecule has 0 bridgehead atoms. The van der Waals surface area contributed by atoms with Crippen molar-refractivity contribution in [3.8, 4) is 5.75 Å². The third-order valence-corrected chi connectivity index (χ3v) is 2.15. The zero-order chi connectivity index (χ0) is 14.4. The van der Waals surface area contributed by atoms with Crippen LogP contribution in [0.2, 0.25) is 0 Å². The number of nitrogens with zero attached hydrogens (tertiary/aromatic N) is 3. The van der Waals surface area contributed by atoms with Crippen molar-refractivity contribution in [3.63, 3.8) is 0 Å². The fourth-order valence-corrected chi connectivity index (χ4v) is 1.29. The minimum Gasteiger partial charge on any atom is -0.482 e. The molecule has 0 saturated heterocycles. The lowest BCUT2D eigenvalue weighted by Gasteiger charge is -2.06. The molecular formula is C12H10N4O4. The highest BCUT2D eigenvalue weighted by molar-refractivity contribution is 5.90. The van der Waals surface area contributed by atoms with Crippen LogP contribution in [0, 0.1) is 0 Å². The van der Waals surface area contributed by atoms with Crippen molar-refractivity contribution in [2.75, 3.05) is 11.9 Å². The number of aromatic carboxylic acids is 1. The molecule has 8 heteroatoms. The molecule has 1 amide bonds. The van der Waals surface area contributed by atoms with Gasteiger partial charge in [0.25, 0.3) is 5.91 Å². The second kappa shape index (κ2) is 6.23. The number of hydrogen-bond donors (Lipinski definition) is 2. The quantitative estimate of drug-likeness (QED) is 0.819. The van der Waals surface area contributed by atoms with Crippen LogP contribution in [0.5, 0.6) is 5.75 Å². The van der Waals surface area contributed by atoms with Gasteiger partial charge in [-0.15, -0.1) is 0 Å². The van der Waals surface area contributed by atoms with Crippen LogP contribution in [-0.4, -0.2) is 38.5 Å². The van der Waals surface area contributed by atoms with E-state index in [0.29, 0.717) is 0 Å². The number of carbonyl (C=O) groups is 2. The average molecular weight is 274 g/mol. The van der Waals surface area contributed by atoms with E-state index >= 15 is 0 Å². The summed E-state index contributed by atoms with van der Waals surface area (Å²) in [7, 11) is 0. The predicted octanol–water partition coefficient (Wildman–Crippen LogP) is 0.587. The molecule has 0 atom stereocenters. The normalized spacial score (nSPS) is 9.80. The van der Waals surface area contributed by atoms with Gasteiger partial charge in [0, 0.05) is 18.6 Å². The smallest absolute Gasteiger partial charge is 0.337 e. The lowest BCUT2D eigenvalue weighted by Crippen LogP contribution is -2.21. The van der Waals surface area contributed by atoms with Crippen LogP contribution < -0.4 is 10.1 Å². The first-order valence-corrected chi connectivity index (χ1v) is 5.53. The van der Waals surface area contributed by atoms with Crippen LogP contribution in [0.3, 0.4) is 0 Å². The molecule has 0 aromatic carbocycles. The SMILES string of the molecule is O=C(COc1cncc(C(=O)O)c1)Nc1ncccn1. The van der Waals surface area contributed by atoms with Crippen LogP contribution in [0.25, 0.3) is 0 Å². The molecule has 2 rings (SSSR count). The third-order valence-electron chi connectivity index (χ3n) is 2.15. The number of amides is 1. The van der Waals surface area contributed by atoms with Gasteiger partial charge in [0.2, 0.25) is 5.95 Å². The summed E-state index contributed by atoms with van der Waals surface area (Å²) in [6.45, 7) is -0.303. The van der Waals surface area contributed by atoms with E-state index in [-0.39, 0.29) is 23.9 Å². The highest BCUT2D eigenvalue weighted by Gasteiger charge is 2.08. The molecule has 20 heavy (non-hydrogen) atoms. The van der Waals surface area contributed by atoms with Gasteiger partial charge in [0.15, 0.2) is 6.61 Å². The van der Waals surface area contributed by atoms with Gasteiger partial charge in [-0.1, -0.05) is 0 Å². The molecule has 2 aromatic rings. The number of carbonyl (C=O) groups excluding carboxylic acids is 1. The first kappa shape index (κ1) is 13.4. The van der Waals surface area contributed by atoms with Gasteiger partial charge in [-0.05, 0) is 12.1 Å². The Morgan fingerprint density at radius 1 is 1.25 bits per heavy atom. The van der Waals surface area contributed by atoms with E-state index in [4.69, 9.17) is 9.84 Å². The molecule has 0 spiro atoms. The summed E-state index contributed by atoms with van der Waals surface area (Å²) >= 11 is 0. The molecule has 2 heterocycles. The van der Waals surface area contributed by atoms with E-state index in [1.807, 2.05) is 0 Å². The number of hydrogen-bond acceptors (Lipinski definition) is 6. The van der Waals surface area contributed by atoms with Crippen LogP contribution >= 0.6 is 0 Å². The predicted molar refractivity (Wildman–Crippen MR) is 67.4 cm³/mol. The summed E-state index contributed by atoms with van der Waals surface area (Å²) in [6.07, 6.45) is 5.49. The van der Waals surface area contributed by atoms with Crippen molar-refractivity contribution in [1.29, 1.82) is 0 Å². The van der Waals surface area contributed by atoms with E-state index in [1.54, 1.807) is 6.07 Å². The second-order valence-corrected chi connectivity index (χ2v) is 3.62. The fourth-order valence-electron chi connectivity index (χ4n) is 1.29. The molecule has 0 unspecified atom stereocenters. The summed E-state index contributed by atoms with van der Waals surface area (Å²) in [4.78, 5) is 33.6. The van der Waals surface area contributed by atoms with Crippen LogP contribution in [-0.2, 0) is 4.79 Å². The largest absolute Gasteiger partial charge is 0.482 e. The van der Waals surface area contributed by atoms with Crippen molar-refractivity contribution >= 4 is 17.8 Å². The Morgan fingerprint density at radius 3 is 2.70 bits per heavy atom. The number of carboxylic acids is 1. The van der Waals surface area contributed by atoms with Crippen LogP contribution in [0.15, 0.2) is 36.9 Å². The molecule has 8 nitrogen and oxygen atoms in total. The Morgan fingerprint density at radius 2 is 2.00 bits per heavy atom. The molecule has 0 aliphatic carbocycles. The number of pyridine rings is 1. The molecular weight excluding hydrogens is 264 g/mol. The summed E-state index contributed by atoms with van der Waals surface area (Å²) in [5.41, 5.74) is -0.0192. The summed E-state index contributed by atoms with van der Waals surface area (Å²) in [6, 6.07) is 2.90. The number of ether oxygens (including phenoxy) is 1. The highest BCUT2D eigenvalue weighted by Crippen LogP contribution is 2.11. The van der Waals surface area contributed by atoms with Gasteiger partial charge in [-0.25, -0.2) is 14.8 Å². The molecule has 0 radical (unpaired) electrons. The first-order valence-electron chi connectivity index (χ1n) is 5.53. The summed E-state index contributed by atoms with van der Waals surface area (Å²) < 4.78 is 5.14. The Bertz CT molecular complexity index is 618. The number of carboxylic acid groups (broad SMARTS) is 1. The maximum atomic E-state index is 11.6. The van der Waals surface area contributed by atoms with Gasteiger partial charge < -0.3 is 9.84 Å². The number of anilines is 1. The average Bonchev–Trinajstić information content (AvgIpc) is 2.46. The van der Waals surface area contributed by atoms with E-state index in [1.165, 1.54) is 30.9 Å². The topological polar surface area (TPSA) is 114 Å². The van der Waals surface area contributed by atoms with Crippen molar-refractivity contribution in [2.24, 2.45) is 0 Å². The second-order valence-electron chi connectivity index (χ2n) is 3.62. The Balaban J connectivity index is 1.90. The van der Waals surface area contributed by atoms with Crippen molar-refractivity contribution < 1.29 is 19.4 Å². The van der Waals surface area contributed by atoms with Gasteiger partial charge in [0.05, 0.1) is 11.8 Å². The van der Waals surface area contributed by atoms with Crippen molar-refractivity contribution in [1.82, 2.24) is 15.0 Å². The molecule has 2 aromatic heterocycles. The van der Waals surface area contributed by atoms with Crippen LogP contribution in [0.1, 0.15) is 10.4 Å². The lowest BCUT2D eigenvalue weighted by molar-refractivity contribution is -0.118. The fraction of sp³-hybridized carbons (Fsp3) is 0.0833. The maximum Gasteiger partial charge on any atom is 0.337 e. The van der Waals surface area contributed by atoms with Crippen LogP contribution in [0.4, 0.5) is 5.95 Å². The van der Waals surface area contributed by atoms with E-state index in [0.717, 1.165) is 0 Å². The Labute approximate surface area is 113 Å². The maximum absolute atomic E-state index is 11.6. The van der Waals surface area contributed by atoms with E-state index in [9.17, 15) is 9.59 Å². The van der Waals surface area contributed by atoms with E-state index < -0.39 is 11.9 Å². The number of rotatable bonds is 5. The molecule has 102 valence electrons. The Hall–Kier alpha value is -3.03. The molecule has 0 fully saturated rings. The van der Waals surface area contributed by atoms with Crippen molar-refractivity contribution in [3.05, 3.63) is 42.5 Å². The number of nitrogens with one attached hydrogen (secondary N) is 1. The standard InChI is InChI=1S/C12H10N4O4/c17-10(16-12-14-2-1-3-15-12)7-20-9-4-8(11(18)19)5-13-6-9/h1-6H,7H2,(H,18,19)(H,14,15,16,17). The molecule has 2 N–H and O–H groups in total. The van der Waals surface area contributed by atoms with Crippen molar-refractivity contribution in [2.45, 2.75) is 0 Å². The minimum atomic E-state index is -1.12. The molecule has 0 saturated carbocycles. The van der Waals surface area contributed by atoms with Gasteiger partial charge in [0.1, 0.15) is 5.75 Å². The van der Waals surface area contributed by atoms with E-state index in [2.05, 4.69) is 20.3 Å². The van der Waals surface area contributed by atoms with Gasteiger partial charge in [-0.2, -0.15) is 0 Å². The zero-order valence-corrected chi connectivity index (χ0v) is 10.2. The van der Waals surface area contributed by atoms with Gasteiger partial charge in [-0.3, -0.25) is 15.1 Å². The Kier molecular flexibility index (Phi) is 4.17. The minimum absolute atomic E-state index is 0.0192. The first-order chi connectivity index (χ1) is 9.65. The lowest BCUT2D eigenvalue weighted by atomic mass is 10.3. The zero-order valence-electron chi connectivity index (χ0n) is 10.2.